The zero-order valence-electron chi connectivity index (χ0n) is 15.2. The van der Waals surface area contributed by atoms with Gasteiger partial charge in [-0.1, -0.05) is 6.92 Å². The van der Waals surface area contributed by atoms with Gasteiger partial charge in [-0.25, -0.2) is 5.43 Å². The molecule has 0 spiro atoms. The molecule has 0 saturated carbocycles. The van der Waals surface area contributed by atoms with Crippen molar-refractivity contribution in [2.45, 2.75) is 20.0 Å². The Morgan fingerprint density at radius 3 is 2.22 bits per heavy atom. The van der Waals surface area contributed by atoms with Crippen molar-refractivity contribution in [2.24, 2.45) is 5.10 Å². The van der Waals surface area contributed by atoms with Crippen molar-refractivity contribution in [3.05, 3.63) is 53.6 Å². The quantitative estimate of drug-likeness (QED) is 0.560. The second-order valence-corrected chi connectivity index (χ2v) is 5.33. The molecule has 0 unspecified atom stereocenters. The Morgan fingerprint density at radius 1 is 1.04 bits per heavy atom. The molecular weight excluding hydrogens is 358 g/mol. The molecule has 0 heterocycles. The van der Waals surface area contributed by atoms with Crippen molar-refractivity contribution in [2.75, 3.05) is 14.2 Å². The van der Waals surface area contributed by atoms with Crippen molar-refractivity contribution in [3.8, 4) is 17.2 Å². The highest BCUT2D eigenvalue weighted by Gasteiger charge is 2.11. The number of benzene rings is 2. The molecule has 0 aliphatic rings. The molecule has 0 saturated heterocycles. The maximum absolute atomic E-state index is 12.3. The number of halogens is 2. The third-order valence-corrected chi connectivity index (χ3v) is 3.69. The van der Waals surface area contributed by atoms with E-state index in [9.17, 15) is 13.6 Å². The zero-order valence-corrected chi connectivity index (χ0v) is 15.2. The molecule has 0 fully saturated rings. The Balaban J connectivity index is 2.13. The summed E-state index contributed by atoms with van der Waals surface area (Å²) in [5, 5.41) is 4.13. The molecule has 2 aromatic rings. The van der Waals surface area contributed by atoms with Crippen molar-refractivity contribution in [1.29, 1.82) is 0 Å². The molecule has 0 aliphatic heterocycles. The summed E-state index contributed by atoms with van der Waals surface area (Å²) in [6.07, 6.45) is 0.529. The first kappa shape index (κ1) is 20.2. The van der Waals surface area contributed by atoms with Crippen molar-refractivity contribution in [1.82, 2.24) is 5.43 Å². The van der Waals surface area contributed by atoms with Gasteiger partial charge in [-0.15, -0.1) is 0 Å². The van der Waals surface area contributed by atoms with Crippen LogP contribution in [-0.2, 0) is 0 Å². The molecule has 0 aliphatic carbocycles. The number of rotatable bonds is 8. The lowest BCUT2D eigenvalue weighted by Crippen LogP contribution is -2.20. The SMILES string of the molecule is CC/C(=N/NC(=O)c1ccc(OC)c(OC)c1)c1ccc(OC(F)F)cc1. The molecule has 0 aromatic heterocycles. The van der Waals surface area contributed by atoms with E-state index in [1.54, 1.807) is 30.3 Å². The van der Waals surface area contributed by atoms with Crippen LogP contribution in [0.5, 0.6) is 17.2 Å². The average Bonchev–Trinajstić information content (AvgIpc) is 2.68. The first-order chi connectivity index (χ1) is 13.0. The third-order valence-electron chi connectivity index (χ3n) is 3.69. The molecule has 0 bridgehead atoms. The minimum absolute atomic E-state index is 0.0542. The third kappa shape index (κ3) is 5.40. The summed E-state index contributed by atoms with van der Waals surface area (Å²) in [6.45, 7) is -1.01. The van der Waals surface area contributed by atoms with E-state index in [-0.39, 0.29) is 5.75 Å². The van der Waals surface area contributed by atoms with Crippen LogP contribution in [0, 0.1) is 0 Å². The summed E-state index contributed by atoms with van der Waals surface area (Å²) in [4.78, 5) is 12.3. The molecule has 1 N–H and O–H groups in total. The lowest BCUT2D eigenvalue weighted by Gasteiger charge is -2.10. The van der Waals surface area contributed by atoms with Crippen molar-refractivity contribution in [3.63, 3.8) is 0 Å². The number of carbonyl (C=O) groups excluding carboxylic acids is 1. The van der Waals surface area contributed by atoms with Gasteiger partial charge < -0.3 is 14.2 Å². The van der Waals surface area contributed by atoms with Gasteiger partial charge in [0.15, 0.2) is 11.5 Å². The lowest BCUT2D eigenvalue weighted by molar-refractivity contribution is -0.0498. The van der Waals surface area contributed by atoms with Gasteiger partial charge in [-0.3, -0.25) is 4.79 Å². The van der Waals surface area contributed by atoms with Crippen LogP contribution in [0.2, 0.25) is 0 Å². The molecule has 0 radical (unpaired) electrons. The van der Waals surface area contributed by atoms with Gasteiger partial charge in [-0.2, -0.15) is 13.9 Å². The number of nitrogens with one attached hydrogen (secondary N) is 1. The molecule has 2 aromatic carbocycles. The van der Waals surface area contributed by atoms with Crippen LogP contribution in [-0.4, -0.2) is 32.4 Å². The molecular formula is C19H20F2N2O4. The minimum Gasteiger partial charge on any atom is -0.493 e. The summed E-state index contributed by atoms with van der Waals surface area (Å²) in [5.41, 5.74) is 4.12. The number of methoxy groups -OCH3 is 2. The maximum Gasteiger partial charge on any atom is 0.387 e. The minimum atomic E-state index is -2.88. The van der Waals surface area contributed by atoms with Gasteiger partial charge in [0.05, 0.1) is 19.9 Å². The number of alkyl halides is 2. The lowest BCUT2D eigenvalue weighted by atomic mass is 10.1. The number of carbonyl (C=O) groups is 1. The Hall–Kier alpha value is -3.16. The second-order valence-electron chi connectivity index (χ2n) is 5.33. The monoisotopic (exact) mass is 378 g/mol. The van der Waals surface area contributed by atoms with Gasteiger partial charge >= 0.3 is 6.61 Å². The molecule has 27 heavy (non-hydrogen) atoms. The Bertz CT molecular complexity index is 808. The molecule has 0 atom stereocenters. The largest absolute Gasteiger partial charge is 0.493 e. The average molecular weight is 378 g/mol. The van der Waals surface area contributed by atoms with Gasteiger partial charge in [0.2, 0.25) is 0 Å². The van der Waals surface area contributed by atoms with E-state index < -0.39 is 12.5 Å². The van der Waals surface area contributed by atoms with Crippen molar-refractivity contribution >= 4 is 11.6 Å². The first-order valence-corrected chi connectivity index (χ1v) is 8.12. The van der Waals surface area contributed by atoms with E-state index in [1.165, 1.54) is 26.4 Å². The van der Waals surface area contributed by atoms with Gasteiger partial charge in [0.25, 0.3) is 5.91 Å². The van der Waals surface area contributed by atoms with E-state index in [4.69, 9.17) is 9.47 Å². The summed E-state index contributed by atoms with van der Waals surface area (Å²) >= 11 is 0. The predicted octanol–water partition coefficient (Wildman–Crippen LogP) is 3.85. The van der Waals surface area contributed by atoms with Crippen LogP contribution in [0.3, 0.4) is 0 Å². The summed E-state index contributed by atoms with van der Waals surface area (Å²) in [5.74, 6) is 0.579. The van der Waals surface area contributed by atoms with Gasteiger partial charge in [0.1, 0.15) is 5.75 Å². The van der Waals surface area contributed by atoms with E-state index in [2.05, 4.69) is 15.3 Å². The number of hydrogen-bond donors (Lipinski definition) is 1. The molecule has 8 heteroatoms. The zero-order chi connectivity index (χ0) is 19.8. The normalized spacial score (nSPS) is 11.3. The highest BCUT2D eigenvalue weighted by atomic mass is 19.3. The Morgan fingerprint density at radius 2 is 1.67 bits per heavy atom. The molecule has 6 nitrogen and oxygen atoms in total. The van der Waals surface area contributed by atoms with E-state index >= 15 is 0 Å². The fourth-order valence-corrected chi connectivity index (χ4v) is 2.34. The van der Waals surface area contributed by atoms with Crippen LogP contribution >= 0.6 is 0 Å². The number of nitrogens with zero attached hydrogens (tertiary/aromatic N) is 1. The van der Waals surface area contributed by atoms with Crippen LogP contribution < -0.4 is 19.6 Å². The van der Waals surface area contributed by atoms with Crippen LogP contribution in [0.1, 0.15) is 29.3 Å². The van der Waals surface area contributed by atoms with Crippen LogP contribution in [0.4, 0.5) is 8.78 Å². The van der Waals surface area contributed by atoms with E-state index in [0.29, 0.717) is 34.8 Å². The highest BCUT2D eigenvalue weighted by molar-refractivity contribution is 6.02. The first-order valence-electron chi connectivity index (χ1n) is 8.12. The van der Waals surface area contributed by atoms with Gasteiger partial charge in [0, 0.05) is 5.56 Å². The molecule has 144 valence electrons. The highest BCUT2D eigenvalue weighted by Crippen LogP contribution is 2.27. The number of hydrogen-bond acceptors (Lipinski definition) is 5. The fraction of sp³-hybridized carbons (Fsp3) is 0.263. The number of amides is 1. The van der Waals surface area contributed by atoms with E-state index in [0.717, 1.165) is 0 Å². The number of hydrazone groups is 1. The topological polar surface area (TPSA) is 69.2 Å². The summed E-state index contributed by atoms with van der Waals surface area (Å²) in [6, 6.07) is 10.8. The second kappa shape index (κ2) is 9.51. The standard InChI is InChI=1S/C19H20F2N2O4/c1-4-15(12-5-8-14(9-6-12)27-19(20)21)22-23-18(24)13-7-10-16(25-2)17(11-13)26-3/h5-11,19H,4H2,1-3H3,(H,23,24)/b22-15-. The summed E-state index contributed by atoms with van der Waals surface area (Å²) < 4.78 is 39.0. The summed E-state index contributed by atoms with van der Waals surface area (Å²) in [7, 11) is 2.99. The van der Waals surface area contributed by atoms with Gasteiger partial charge in [-0.05, 0) is 54.4 Å². The maximum atomic E-state index is 12.3. The van der Waals surface area contributed by atoms with Crippen molar-refractivity contribution < 1.29 is 27.8 Å². The Kier molecular flexibility index (Phi) is 7.10. The fourth-order valence-electron chi connectivity index (χ4n) is 2.34. The van der Waals surface area contributed by atoms with E-state index in [1.807, 2.05) is 6.92 Å². The molecule has 2 rings (SSSR count). The molecule has 1 amide bonds. The van der Waals surface area contributed by atoms with Crippen LogP contribution in [0.25, 0.3) is 0 Å². The smallest absolute Gasteiger partial charge is 0.387 e. The predicted molar refractivity (Wildman–Crippen MR) is 96.9 cm³/mol. The van der Waals surface area contributed by atoms with Crippen LogP contribution in [0.15, 0.2) is 47.6 Å². The number of ether oxygens (including phenoxy) is 3. The Labute approximate surface area is 155 Å².